The molecule has 0 bridgehead atoms. The van der Waals surface area contributed by atoms with Gasteiger partial charge in [-0.3, -0.25) is 0 Å². The van der Waals surface area contributed by atoms with Crippen LogP contribution in [0.3, 0.4) is 0 Å². The number of sulfonamides is 1. The molecule has 0 saturated carbocycles. The summed E-state index contributed by atoms with van der Waals surface area (Å²) in [4.78, 5) is 25.3. The summed E-state index contributed by atoms with van der Waals surface area (Å²) in [5.41, 5.74) is 3.12. The van der Waals surface area contributed by atoms with Gasteiger partial charge in [0, 0.05) is 23.9 Å². The van der Waals surface area contributed by atoms with Crippen molar-refractivity contribution in [1.82, 2.24) is 4.72 Å². The highest BCUT2D eigenvalue weighted by Crippen LogP contribution is 2.41. The Morgan fingerprint density at radius 1 is 0.739 bits per heavy atom. The molecule has 3 aromatic carbocycles. The molecule has 3 aromatic rings. The molecule has 0 aliphatic carbocycles. The number of carbonyl (C=O) groups excluding carboxylic acids is 1. The molecule has 0 spiro atoms. The standard InChI is InChI=1S/C32H39NO11S2/c1-17-20(4)28(22(6)29(41-7)25(17)31(34)35)44-32(36)26-18(2)19(3)27(21(5)30(26)42-8)43-15-11-14-33-46(39,40)24-13-10-12-23(16-24)45(9,37)38/h10,12-13,16,33H,11,14-15H2,1-9H3,(H,34,35). The number of ether oxygens (including phenoxy) is 4. The SMILES string of the molecule is COc1c(C)c(OC(=O)c2c(C)c(C)c(OCCCNS(=O)(=O)c3cccc(S(C)(=O)=O)c3)c(C)c2OC)c(C)c(C)c1C(=O)O. The van der Waals surface area contributed by atoms with Crippen LogP contribution in [-0.4, -0.2) is 67.5 Å². The van der Waals surface area contributed by atoms with Gasteiger partial charge in [-0.25, -0.2) is 31.1 Å². The number of hydrogen-bond donors (Lipinski definition) is 2. The summed E-state index contributed by atoms with van der Waals surface area (Å²) in [6.45, 7) is 10.3. The van der Waals surface area contributed by atoms with Crippen molar-refractivity contribution in [3.63, 3.8) is 0 Å². The number of carbonyl (C=O) groups is 2. The number of rotatable bonds is 13. The summed E-state index contributed by atoms with van der Waals surface area (Å²) >= 11 is 0. The molecule has 12 nitrogen and oxygen atoms in total. The number of carboxylic acid groups (broad SMARTS) is 1. The molecule has 3 rings (SSSR count). The van der Waals surface area contributed by atoms with Gasteiger partial charge in [0.1, 0.15) is 34.1 Å². The molecular formula is C32H39NO11S2. The van der Waals surface area contributed by atoms with Gasteiger partial charge in [0.2, 0.25) is 10.0 Å². The summed E-state index contributed by atoms with van der Waals surface area (Å²) < 4.78 is 74.4. The Hall–Kier alpha value is -4.14. The maximum Gasteiger partial charge on any atom is 0.347 e. The van der Waals surface area contributed by atoms with E-state index >= 15 is 0 Å². The largest absolute Gasteiger partial charge is 0.495 e. The summed E-state index contributed by atoms with van der Waals surface area (Å²) in [7, 11) is -4.77. The predicted octanol–water partition coefficient (Wildman–Crippen LogP) is 4.62. The van der Waals surface area contributed by atoms with E-state index in [1.807, 2.05) is 0 Å². The number of nitrogens with one attached hydrogen (secondary N) is 1. The molecule has 0 aromatic heterocycles. The van der Waals surface area contributed by atoms with Gasteiger partial charge in [-0.05, 0) is 88.4 Å². The van der Waals surface area contributed by atoms with Crippen molar-refractivity contribution in [2.24, 2.45) is 0 Å². The minimum Gasteiger partial charge on any atom is -0.495 e. The van der Waals surface area contributed by atoms with E-state index in [4.69, 9.17) is 18.9 Å². The van der Waals surface area contributed by atoms with E-state index in [0.717, 1.165) is 12.3 Å². The molecule has 2 N–H and O–H groups in total. The van der Waals surface area contributed by atoms with Crippen LogP contribution in [-0.2, 0) is 19.9 Å². The smallest absolute Gasteiger partial charge is 0.347 e. The van der Waals surface area contributed by atoms with E-state index in [2.05, 4.69) is 4.72 Å². The first-order valence-corrected chi connectivity index (χ1v) is 17.5. The van der Waals surface area contributed by atoms with Gasteiger partial charge in [-0.1, -0.05) is 6.07 Å². The van der Waals surface area contributed by atoms with Crippen LogP contribution in [0.25, 0.3) is 0 Å². The Morgan fingerprint density at radius 2 is 1.26 bits per heavy atom. The topological polar surface area (TPSA) is 172 Å². The lowest BCUT2D eigenvalue weighted by molar-refractivity contribution is 0.0692. The zero-order valence-electron chi connectivity index (χ0n) is 27.3. The zero-order chi connectivity index (χ0) is 34.7. The number of esters is 1. The average molecular weight is 678 g/mol. The highest BCUT2D eigenvalue weighted by Gasteiger charge is 2.29. The van der Waals surface area contributed by atoms with Crippen LogP contribution in [0, 0.1) is 41.5 Å². The Labute approximate surface area is 269 Å². The van der Waals surface area contributed by atoms with Crippen molar-refractivity contribution in [2.45, 2.75) is 57.8 Å². The van der Waals surface area contributed by atoms with Crippen molar-refractivity contribution in [1.29, 1.82) is 0 Å². The Kier molecular flexibility index (Phi) is 11.1. The van der Waals surface area contributed by atoms with Gasteiger partial charge < -0.3 is 24.1 Å². The molecule has 250 valence electrons. The fourth-order valence-corrected chi connectivity index (χ4v) is 7.00. The van der Waals surface area contributed by atoms with E-state index in [1.54, 1.807) is 41.5 Å². The van der Waals surface area contributed by atoms with Crippen LogP contribution in [0.15, 0.2) is 34.1 Å². The maximum atomic E-state index is 13.7. The fraction of sp³-hybridized carbons (Fsp3) is 0.375. The summed E-state index contributed by atoms with van der Waals surface area (Å²) in [6.07, 6.45) is 1.28. The summed E-state index contributed by atoms with van der Waals surface area (Å²) in [6, 6.07) is 5.11. The minimum atomic E-state index is -3.96. The lowest BCUT2D eigenvalue weighted by Crippen LogP contribution is -2.26. The molecule has 0 atom stereocenters. The lowest BCUT2D eigenvalue weighted by Gasteiger charge is -2.22. The molecule has 0 fully saturated rings. The summed E-state index contributed by atoms with van der Waals surface area (Å²) in [5, 5.41) is 9.71. The van der Waals surface area contributed by atoms with Crippen molar-refractivity contribution in [3.8, 4) is 23.0 Å². The monoisotopic (exact) mass is 677 g/mol. The molecule has 0 aliphatic rings. The van der Waals surface area contributed by atoms with Crippen LogP contribution in [0.5, 0.6) is 23.0 Å². The van der Waals surface area contributed by atoms with Gasteiger partial charge in [-0.15, -0.1) is 0 Å². The van der Waals surface area contributed by atoms with Gasteiger partial charge in [0.05, 0.1) is 30.6 Å². The zero-order valence-corrected chi connectivity index (χ0v) is 28.9. The van der Waals surface area contributed by atoms with Gasteiger partial charge in [0.15, 0.2) is 9.84 Å². The summed E-state index contributed by atoms with van der Waals surface area (Å²) in [5.74, 6) is -0.886. The first kappa shape index (κ1) is 36.3. The molecular weight excluding hydrogens is 638 g/mol. The van der Waals surface area contributed by atoms with E-state index in [0.29, 0.717) is 39.1 Å². The fourth-order valence-electron chi connectivity index (χ4n) is 5.14. The highest BCUT2D eigenvalue weighted by molar-refractivity contribution is 7.91. The molecule has 0 heterocycles. The maximum absolute atomic E-state index is 13.7. The van der Waals surface area contributed by atoms with E-state index in [9.17, 15) is 31.5 Å². The first-order chi connectivity index (χ1) is 21.4. The average Bonchev–Trinajstić information content (AvgIpc) is 2.99. The molecule has 0 aliphatic heterocycles. The third-order valence-corrected chi connectivity index (χ3v) is 10.4. The number of hydrogen-bond acceptors (Lipinski definition) is 10. The van der Waals surface area contributed by atoms with Crippen LogP contribution < -0.4 is 23.7 Å². The first-order valence-electron chi connectivity index (χ1n) is 14.1. The van der Waals surface area contributed by atoms with Gasteiger partial charge in [0.25, 0.3) is 0 Å². The van der Waals surface area contributed by atoms with E-state index in [1.165, 1.54) is 32.4 Å². The molecule has 0 radical (unpaired) electrons. The highest BCUT2D eigenvalue weighted by atomic mass is 32.2. The molecule has 0 unspecified atom stereocenters. The number of carboxylic acids is 1. The van der Waals surface area contributed by atoms with E-state index < -0.39 is 31.8 Å². The van der Waals surface area contributed by atoms with Crippen molar-refractivity contribution in [3.05, 3.63) is 68.8 Å². The van der Waals surface area contributed by atoms with Crippen molar-refractivity contribution in [2.75, 3.05) is 33.6 Å². The quantitative estimate of drug-likeness (QED) is 0.147. The van der Waals surface area contributed by atoms with Gasteiger partial charge >= 0.3 is 11.9 Å². The Morgan fingerprint density at radius 3 is 1.83 bits per heavy atom. The van der Waals surface area contributed by atoms with Crippen molar-refractivity contribution < 1.29 is 50.5 Å². The molecule has 46 heavy (non-hydrogen) atoms. The minimum absolute atomic E-state index is 0.00630. The number of sulfone groups is 1. The Balaban J connectivity index is 1.82. The number of aromatic carboxylic acids is 1. The van der Waals surface area contributed by atoms with Crippen LogP contribution in [0.1, 0.15) is 60.5 Å². The normalized spacial score (nSPS) is 11.7. The lowest BCUT2D eigenvalue weighted by atomic mass is 9.96. The van der Waals surface area contributed by atoms with E-state index in [-0.39, 0.29) is 57.7 Å². The Bertz CT molecular complexity index is 1910. The third kappa shape index (κ3) is 7.29. The molecule has 14 heteroatoms. The van der Waals surface area contributed by atoms with Crippen LogP contribution >= 0.6 is 0 Å². The van der Waals surface area contributed by atoms with Crippen LogP contribution in [0.2, 0.25) is 0 Å². The second-order valence-electron chi connectivity index (χ2n) is 10.8. The molecule has 0 saturated heterocycles. The second kappa shape index (κ2) is 14.1. The second-order valence-corrected chi connectivity index (χ2v) is 14.5. The third-order valence-electron chi connectivity index (χ3n) is 7.80. The molecule has 0 amide bonds. The van der Waals surface area contributed by atoms with Crippen LogP contribution in [0.4, 0.5) is 0 Å². The number of benzene rings is 3. The van der Waals surface area contributed by atoms with Gasteiger partial charge in [-0.2, -0.15) is 0 Å². The predicted molar refractivity (Wildman–Crippen MR) is 171 cm³/mol. The number of methoxy groups -OCH3 is 2. The van der Waals surface area contributed by atoms with Crippen molar-refractivity contribution >= 4 is 31.8 Å².